The highest BCUT2D eigenvalue weighted by molar-refractivity contribution is 6.33. The van der Waals surface area contributed by atoms with Gasteiger partial charge in [-0.25, -0.2) is 9.18 Å². The number of amides is 4. The lowest BCUT2D eigenvalue weighted by Gasteiger charge is -2.24. The number of para-hydroxylation sites is 1. The number of benzene rings is 1. The first-order chi connectivity index (χ1) is 12.9. The van der Waals surface area contributed by atoms with Crippen LogP contribution in [0.15, 0.2) is 24.3 Å². The van der Waals surface area contributed by atoms with Crippen LogP contribution in [0.1, 0.15) is 12.8 Å². The van der Waals surface area contributed by atoms with Crippen molar-refractivity contribution in [1.29, 1.82) is 0 Å². The predicted molar refractivity (Wildman–Crippen MR) is 97.2 cm³/mol. The van der Waals surface area contributed by atoms with Crippen LogP contribution in [0.3, 0.4) is 0 Å². The normalized spacial score (nSPS) is 15.9. The summed E-state index contributed by atoms with van der Waals surface area (Å²) in [4.78, 5) is 48.6. The van der Waals surface area contributed by atoms with E-state index in [1.807, 2.05) is 0 Å². The van der Waals surface area contributed by atoms with E-state index in [9.17, 15) is 23.6 Å². The molecule has 3 N–H and O–H groups in total. The smallest absolute Gasteiger partial charge is 0.319 e. The van der Waals surface area contributed by atoms with Gasteiger partial charge in [0.05, 0.1) is 23.8 Å². The van der Waals surface area contributed by atoms with E-state index in [-0.39, 0.29) is 6.54 Å². The Hall–Kier alpha value is -2.68. The number of anilines is 1. The van der Waals surface area contributed by atoms with Crippen LogP contribution in [-0.4, -0.2) is 60.9 Å². The quantitative estimate of drug-likeness (QED) is 0.639. The number of rotatable bonds is 7. The highest BCUT2D eigenvalue weighted by Gasteiger charge is 2.34. The summed E-state index contributed by atoms with van der Waals surface area (Å²) in [5.74, 6) is -1.68. The molecule has 1 aromatic rings. The van der Waals surface area contributed by atoms with Crippen molar-refractivity contribution in [2.45, 2.75) is 18.9 Å². The molecular formula is C17H20ClFN4O4. The van der Waals surface area contributed by atoms with Gasteiger partial charge in [0.15, 0.2) is 5.78 Å². The highest BCUT2D eigenvalue weighted by Crippen LogP contribution is 2.20. The molecule has 0 radical (unpaired) electrons. The minimum absolute atomic E-state index is 0.302. The van der Waals surface area contributed by atoms with Crippen molar-refractivity contribution in [2.75, 3.05) is 31.6 Å². The van der Waals surface area contributed by atoms with Crippen LogP contribution in [0, 0.1) is 0 Å². The lowest BCUT2D eigenvalue weighted by Crippen LogP contribution is -2.50. The Labute approximate surface area is 160 Å². The van der Waals surface area contributed by atoms with Gasteiger partial charge in [-0.3, -0.25) is 14.4 Å². The molecule has 1 atom stereocenters. The maximum absolute atomic E-state index is 12.3. The van der Waals surface area contributed by atoms with E-state index in [0.29, 0.717) is 30.1 Å². The van der Waals surface area contributed by atoms with Gasteiger partial charge < -0.3 is 20.9 Å². The maximum Gasteiger partial charge on any atom is 0.319 e. The molecule has 1 aliphatic rings. The fourth-order valence-electron chi connectivity index (χ4n) is 2.68. The molecule has 1 heterocycles. The molecule has 1 aliphatic heterocycles. The van der Waals surface area contributed by atoms with Crippen LogP contribution >= 0.6 is 11.6 Å². The Morgan fingerprint density at radius 2 is 1.89 bits per heavy atom. The van der Waals surface area contributed by atoms with Gasteiger partial charge in [-0.2, -0.15) is 0 Å². The number of hydrogen-bond donors (Lipinski definition) is 3. The molecule has 4 amide bonds. The second-order valence-corrected chi connectivity index (χ2v) is 6.33. The van der Waals surface area contributed by atoms with E-state index in [2.05, 4.69) is 16.0 Å². The Bertz CT molecular complexity index is 731. The third-order valence-electron chi connectivity index (χ3n) is 4.01. The Morgan fingerprint density at radius 3 is 2.59 bits per heavy atom. The van der Waals surface area contributed by atoms with Gasteiger partial charge in [0.2, 0.25) is 11.8 Å². The van der Waals surface area contributed by atoms with Gasteiger partial charge in [0, 0.05) is 6.54 Å². The first-order valence-corrected chi connectivity index (χ1v) is 8.74. The summed E-state index contributed by atoms with van der Waals surface area (Å²) in [6.45, 7) is -1.50. The zero-order chi connectivity index (χ0) is 19.8. The molecule has 0 aliphatic carbocycles. The van der Waals surface area contributed by atoms with E-state index < -0.39 is 42.9 Å². The molecule has 1 fully saturated rings. The van der Waals surface area contributed by atoms with Crippen molar-refractivity contribution in [3.05, 3.63) is 29.3 Å². The van der Waals surface area contributed by atoms with Crippen molar-refractivity contribution in [3.8, 4) is 0 Å². The number of halogens is 2. The zero-order valence-corrected chi connectivity index (χ0v) is 15.2. The number of nitrogens with zero attached hydrogens (tertiary/aromatic N) is 1. The summed E-state index contributed by atoms with van der Waals surface area (Å²) in [7, 11) is 0. The monoisotopic (exact) mass is 398 g/mol. The molecule has 10 heteroatoms. The molecule has 1 unspecified atom stereocenters. The average Bonchev–Trinajstić information content (AvgIpc) is 3.15. The topological polar surface area (TPSA) is 108 Å². The summed E-state index contributed by atoms with van der Waals surface area (Å²) < 4.78 is 12.2. The zero-order valence-electron chi connectivity index (χ0n) is 14.5. The molecule has 27 heavy (non-hydrogen) atoms. The van der Waals surface area contributed by atoms with Gasteiger partial charge in [0.25, 0.3) is 0 Å². The molecular weight excluding hydrogens is 379 g/mol. The van der Waals surface area contributed by atoms with E-state index >= 15 is 0 Å². The van der Waals surface area contributed by atoms with E-state index in [1.54, 1.807) is 24.3 Å². The molecule has 1 aromatic carbocycles. The second kappa shape index (κ2) is 9.86. The summed E-state index contributed by atoms with van der Waals surface area (Å²) in [6.07, 6.45) is 1.06. The van der Waals surface area contributed by atoms with Gasteiger partial charge in [0.1, 0.15) is 12.7 Å². The summed E-state index contributed by atoms with van der Waals surface area (Å²) >= 11 is 5.94. The number of ketones is 1. The summed E-state index contributed by atoms with van der Waals surface area (Å²) in [5, 5.41) is 7.63. The number of urea groups is 1. The second-order valence-electron chi connectivity index (χ2n) is 5.92. The molecule has 1 saturated heterocycles. The van der Waals surface area contributed by atoms with Crippen LogP contribution in [0.25, 0.3) is 0 Å². The lowest BCUT2D eigenvalue weighted by atomic mass is 10.2. The fraction of sp³-hybridized carbons (Fsp3) is 0.412. The standard InChI is InChI=1S/C17H20ClFN4O4/c18-12-4-1-2-5-13(12)22-17(27)21-10-15(25)23-7-3-6-14(23)16(26)20-9-11(24)8-19/h1-2,4-5,14H,3,6-10H2,(H,20,26)(H2,21,22,27). The van der Waals surface area contributed by atoms with E-state index in [4.69, 9.17) is 11.6 Å². The number of hydrogen-bond acceptors (Lipinski definition) is 4. The number of carbonyl (C=O) groups excluding carboxylic acids is 4. The first-order valence-electron chi connectivity index (χ1n) is 8.36. The van der Waals surface area contributed by atoms with Crippen molar-refractivity contribution in [3.63, 3.8) is 0 Å². The SMILES string of the molecule is O=C(CF)CNC(=O)C1CCCN1C(=O)CNC(=O)Nc1ccccc1Cl. The number of alkyl halides is 1. The van der Waals surface area contributed by atoms with Crippen LogP contribution in [0.2, 0.25) is 5.02 Å². The van der Waals surface area contributed by atoms with Crippen molar-refractivity contribution < 1.29 is 23.6 Å². The molecule has 2 rings (SSSR count). The Kier molecular flexibility index (Phi) is 7.54. The van der Waals surface area contributed by atoms with Gasteiger partial charge in [-0.05, 0) is 25.0 Å². The van der Waals surface area contributed by atoms with Crippen LogP contribution < -0.4 is 16.0 Å². The van der Waals surface area contributed by atoms with Gasteiger partial charge >= 0.3 is 6.03 Å². The van der Waals surface area contributed by atoms with Crippen LogP contribution in [0.5, 0.6) is 0 Å². The minimum Gasteiger partial charge on any atom is -0.347 e. The Morgan fingerprint density at radius 1 is 1.15 bits per heavy atom. The third-order valence-corrected chi connectivity index (χ3v) is 4.34. The average molecular weight is 399 g/mol. The fourth-order valence-corrected chi connectivity index (χ4v) is 2.86. The molecule has 8 nitrogen and oxygen atoms in total. The van der Waals surface area contributed by atoms with Gasteiger partial charge in [-0.15, -0.1) is 0 Å². The molecule has 0 aromatic heterocycles. The van der Waals surface area contributed by atoms with Crippen LogP contribution in [0.4, 0.5) is 14.9 Å². The third kappa shape index (κ3) is 5.92. The minimum atomic E-state index is -1.15. The number of likely N-dealkylation sites (tertiary alicyclic amines) is 1. The molecule has 0 bridgehead atoms. The lowest BCUT2D eigenvalue weighted by molar-refractivity contribution is -0.138. The number of nitrogens with one attached hydrogen (secondary N) is 3. The number of Topliss-reactive ketones (excluding diaryl/α,β-unsaturated/α-hetero) is 1. The molecule has 0 saturated carbocycles. The predicted octanol–water partition coefficient (Wildman–Crippen LogP) is 1.11. The van der Waals surface area contributed by atoms with Gasteiger partial charge in [-0.1, -0.05) is 23.7 Å². The van der Waals surface area contributed by atoms with E-state index in [0.717, 1.165) is 0 Å². The largest absolute Gasteiger partial charge is 0.347 e. The van der Waals surface area contributed by atoms with Crippen molar-refractivity contribution in [1.82, 2.24) is 15.5 Å². The highest BCUT2D eigenvalue weighted by atomic mass is 35.5. The Balaban J connectivity index is 1.83. The van der Waals surface area contributed by atoms with Crippen molar-refractivity contribution >= 4 is 40.9 Å². The maximum atomic E-state index is 12.3. The molecule has 0 spiro atoms. The molecule has 146 valence electrons. The summed E-state index contributed by atoms with van der Waals surface area (Å²) in [6, 6.07) is 5.30. The number of carbonyl (C=O) groups is 4. The van der Waals surface area contributed by atoms with Crippen molar-refractivity contribution in [2.24, 2.45) is 0 Å². The van der Waals surface area contributed by atoms with Crippen LogP contribution in [-0.2, 0) is 14.4 Å². The summed E-state index contributed by atoms with van der Waals surface area (Å²) in [5.41, 5.74) is 0.403. The first kappa shape index (κ1) is 20.6. The van der Waals surface area contributed by atoms with E-state index in [1.165, 1.54) is 4.90 Å².